The van der Waals surface area contributed by atoms with Gasteiger partial charge in [0.15, 0.2) is 11.6 Å². The van der Waals surface area contributed by atoms with Crippen LogP contribution in [-0.2, 0) is 7.05 Å². The number of nitrogen functional groups attached to an aromatic ring is 1. The molecule has 6 heteroatoms. The van der Waals surface area contributed by atoms with E-state index >= 15 is 0 Å². The van der Waals surface area contributed by atoms with E-state index < -0.39 is 0 Å². The molecule has 5 nitrogen and oxygen atoms in total. The second-order valence-electron chi connectivity index (χ2n) is 3.80. The monoisotopic (exact) mass is 231 g/mol. The molecule has 2 aromatic heterocycles. The summed E-state index contributed by atoms with van der Waals surface area (Å²) in [5.41, 5.74) is 7.29. The lowest BCUT2D eigenvalue weighted by molar-refractivity contribution is 0.637. The number of rotatable bonds is 1. The number of aromatic amines is 1. The third kappa shape index (κ3) is 1.45. The van der Waals surface area contributed by atoms with E-state index in [1.807, 2.05) is 0 Å². The Morgan fingerprint density at radius 1 is 1.41 bits per heavy atom. The summed E-state index contributed by atoms with van der Waals surface area (Å²) in [6.45, 7) is 0. The molecule has 0 radical (unpaired) electrons. The standard InChI is InChI=1S/C11H10FN5/c1-17-8(5-9(13)16-17)11-14-7-4-2-3-6(12)10(7)15-11/h2-5H,1H3,(H2,13,16)(H,14,15). The molecule has 0 saturated carbocycles. The van der Waals surface area contributed by atoms with Crippen LogP contribution in [0.1, 0.15) is 0 Å². The summed E-state index contributed by atoms with van der Waals surface area (Å²) >= 11 is 0. The summed E-state index contributed by atoms with van der Waals surface area (Å²) in [4.78, 5) is 7.25. The van der Waals surface area contributed by atoms with Gasteiger partial charge in [0.05, 0.1) is 5.52 Å². The van der Waals surface area contributed by atoms with Crippen molar-refractivity contribution in [3.05, 3.63) is 30.1 Å². The maximum Gasteiger partial charge on any atom is 0.157 e. The van der Waals surface area contributed by atoms with Gasteiger partial charge < -0.3 is 10.7 Å². The van der Waals surface area contributed by atoms with Crippen LogP contribution in [0.5, 0.6) is 0 Å². The van der Waals surface area contributed by atoms with Gasteiger partial charge in [-0.1, -0.05) is 6.07 Å². The van der Waals surface area contributed by atoms with E-state index in [9.17, 15) is 4.39 Å². The highest BCUT2D eigenvalue weighted by Gasteiger charge is 2.12. The van der Waals surface area contributed by atoms with Gasteiger partial charge in [-0.15, -0.1) is 0 Å². The molecule has 86 valence electrons. The first-order chi connectivity index (χ1) is 8.15. The number of fused-ring (bicyclic) bond motifs is 1. The lowest BCUT2D eigenvalue weighted by atomic mass is 10.3. The van der Waals surface area contributed by atoms with E-state index in [1.54, 1.807) is 29.9 Å². The molecule has 0 bridgehead atoms. The normalized spacial score (nSPS) is 11.2. The van der Waals surface area contributed by atoms with Crippen LogP contribution in [0.25, 0.3) is 22.6 Å². The Kier molecular flexibility index (Phi) is 1.91. The predicted octanol–water partition coefficient (Wildman–Crippen LogP) is 1.68. The van der Waals surface area contributed by atoms with Crippen molar-refractivity contribution in [1.29, 1.82) is 0 Å². The molecule has 2 heterocycles. The van der Waals surface area contributed by atoms with E-state index in [2.05, 4.69) is 15.1 Å². The summed E-state index contributed by atoms with van der Waals surface area (Å²) in [5.74, 6) is 0.611. The first kappa shape index (κ1) is 9.83. The zero-order valence-corrected chi connectivity index (χ0v) is 9.11. The quantitative estimate of drug-likeness (QED) is 0.669. The van der Waals surface area contributed by atoms with Crippen LogP contribution in [0.15, 0.2) is 24.3 Å². The third-order valence-electron chi connectivity index (χ3n) is 2.60. The van der Waals surface area contributed by atoms with Gasteiger partial charge in [-0.2, -0.15) is 5.10 Å². The number of halogens is 1. The topological polar surface area (TPSA) is 72.5 Å². The third-order valence-corrected chi connectivity index (χ3v) is 2.60. The highest BCUT2D eigenvalue weighted by molar-refractivity contribution is 5.79. The molecule has 0 aliphatic carbocycles. The zero-order chi connectivity index (χ0) is 12.0. The van der Waals surface area contributed by atoms with Gasteiger partial charge >= 0.3 is 0 Å². The number of para-hydroxylation sites is 1. The van der Waals surface area contributed by atoms with Gasteiger partial charge in [-0.3, -0.25) is 4.68 Å². The Morgan fingerprint density at radius 3 is 2.88 bits per heavy atom. The van der Waals surface area contributed by atoms with E-state index in [-0.39, 0.29) is 5.82 Å². The van der Waals surface area contributed by atoms with E-state index in [1.165, 1.54) is 6.07 Å². The zero-order valence-electron chi connectivity index (χ0n) is 9.11. The number of hydrogen-bond acceptors (Lipinski definition) is 3. The molecular weight excluding hydrogens is 221 g/mol. The predicted molar refractivity (Wildman–Crippen MR) is 62.7 cm³/mol. The number of aryl methyl sites for hydroxylation is 1. The van der Waals surface area contributed by atoms with Crippen LogP contribution in [0.4, 0.5) is 10.2 Å². The molecule has 0 saturated heterocycles. The number of H-pyrrole nitrogens is 1. The highest BCUT2D eigenvalue weighted by Crippen LogP contribution is 2.22. The van der Waals surface area contributed by atoms with Gasteiger partial charge in [-0.05, 0) is 12.1 Å². The molecule has 3 aromatic rings. The molecule has 17 heavy (non-hydrogen) atoms. The average molecular weight is 231 g/mol. The van der Waals surface area contributed by atoms with Crippen LogP contribution in [0, 0.1) is 5.82 Å². The van der Waals surface area contributed by atoms with Crippen molar-refractivity contribution in [2.24, 2.45) is 7.05 Å². The van der Waals surface area contributed by atoms with E-state index in [0.717, 1.165) is 5.69 Å². The average Bonchev–Trinajstić information content (AvgIpc) is 2.82. The molecule has 0 unspecified atom stereocenters. The van der Waals surface area contributed by atoms with Crippen molar-refractivity contribution in [3.8, 4) is 11.5 Å². The number of aromatic nitrogens is 4. The lowest BCUT2D eigenvalue weighted by Crippen LogP contribution is -1.95. The number of imidazole rings is 1. The number of hydrogen-bond donors (Lipinski definition) is 2. The second kappa shape index (κ2) is 3.31. The van der Waals surface area contributed by atoms with Crippen molar-refractivity contribution < 1.29 is 4.39 Å². The maximum absolute atomic E-state index is 13.5. The van der Waals surface area contributed by atoms with Crippen LogP contribution in [-0.4, -0.2) is 19.7 Å². The minimum Gasteiger partial charge on any atom is -0.382 e. The minimum atomic E-state index is -0.347. The Hall–Kier alpha value is -2.37. The number of nitrogens with one attached hydrogen (secondary N) is 1. The fraction of sp³-hybridized carbons (Fsp3) is 0.0909. The summed E-state index contributed by atoms with van der Waals surface area (Å²) in [7, 11) is 1.76. The number of benzene rings is 1. The van der Waals surface area contributed by atoms with E-state index in [4.69, 9.17) is 5.73 Å². The Balaban J connectivity index is 2.25. The largest absolute Gasteiger partial charge is 0.382 e. The van der Waals surface area contributed by atoms with Gasteiger partial charge in [0.1, 0.15) is 17.0 Å². The van der Waals surface area contributed by atoms with Gasteiger partial charge in [0.2, 0.25) is 0 Å². The smallest absolute Gasteiger partial charge is 0.157 e. The maximum atomic E-state index is 13.5. The van der Waals surface area contributed by atoms with Gasteiger partial charge in [-0.25, -0.2) is 9.37 Å². The summed E-state index contributed by atoms with van der Waals surface area (Å²) in [6.07, 6.45) is 0. The molecule has 0 aliphatic rings. The van der Waals surface area contributed by atoms with E-state index in [0.29, 0.717) is 22.7 Å². The Bertz CT molecular complexity index is 697. The summed E-state index contributed by atoms with van der Waals surface area (Å²) in [5, 5.41) is 4.02. The summed E-state index contributed by atoms with van der Waals surface area (Å²) in [6, 6.07) is 6.48. The lowest BCUT2D eigenvalue weighted by Gasteiger charge is -1.94. The molecule has 0 aliphatic heterocycles. The highest BCUT2D eigenvalue weighted by atomic mass is 19.1. The molecule has 3 N–H and O–H groups in total. The molecule has 0 amide bonds. The van der Waals surface area contributed by atoms with Crippen molar-refractivity contribution in [3.63, 3.8) is 0 Å². The fourth-order valence-electron chi connectivity index (χ4n) is 1.83. The first-order valence-electron chi connectivity index (χ1n) is 5.09. The Labute approximate surface area is 96.1 Å². The van der Waals surface area contributed by atoms with Crippen molar-refractivity contribution >= 4 is 16.9 Å². The van der Waals surface area contributed by atoms with Gasteiger partial charge in [0.25, 0.3) is 0 Å². The van der Waals surface area contributed by atoms with Crippen molar-refractivity contribution in [2.45, 2.75) is 0 Å². The van der Waals surface area contributed by atoms with Crippen LogP contribution < -0.4 is 5.73 Å². The second-order valence-corrected chi connectivity index (χ2v) is 3.80. The molecule has 0 spiro atoms. The summed E-state index contributed by atoms with van der Waals surface area (Å²) < 4.78 is 15.1. The minimum absolute atomic E-state index is 0.322. The first-order valence-corrected chi connectivity index (χ1v) is 5.09. The van der Waals surface area contributed by atoms with Crippen molar-refractivity contribution in [2.75, 3.05) is 5.73 Å². The fourth-order valence-corrected chi connectivity index (χ4v) is 1.83. The molecular formula is C11H10FN5. The van der Waals surface area contributed by atoms with Gasteiger partial charge in [0, 0.05) is 13.1 Å². The van der Waals surface area contributed by atoms with Crippen LogP contribution in [0.3, 0.4) is 0 Å². The molecule has 0 atom stereocenters. The molecule has 3 rings (SSSR count). The van der Waals surface area contributed by atoms with Crippen LogP contribution in [0.2, 0.25) is 0 Å². The van der Waals surface area contributed by atoms with Crippen molar-refractivity contribution in [1.82, 2.24) is 19.7 Å². The van der Waals surface area contributed by atoms with Crippen LogP contribution >= 0.6 is 0 Å². The Morgan fingerprint density at radius 2 is 2.24 bits per heavy atom. The number of nitrogens with two attached hydrogens (primary N) is 1. The SMILES string of the molecule is Cn1nc(N)cc1-c1nc2c(F)cccc2[nH]1. The number of anilines is 1. The number of nitrogens with zero attached hydrogens (tertiary/aromatic N) is 3. The molecule has 1 aromatic carbocycles. The molecule has 0 fully saturated rings.